The number of ether oxygens (including phenoxy) is 1. The van der Waals surface area contributed by atoms with Crippen molar-refractivity contribution in [3.63, 3.8) is 0 Å². The van der Waals surface area contributed by atoms with Crippen LogP contribution in [0.15, 0.2) is 12.4 Å². The maximum absolute atomic E-state index is 5.72. The fourth-order valence-corrected chi connectivity index (χ4v) is 2.51. The molecular formula is C15H26N4O. The van der Waals surface area contributed by atoms with Gasteiger partial charge in [0.25, 0.3) is 0 Å². The molecule has 0 spiro atoms. The molecule has 112 valence electrons. The van der Waals surface area contributed by atoms with Crippen molar-refractivity contribution in [1.82, 2.24) is 15.3 Å². The molecule has 5 heteroatoms. The van der Waals surface area contributed by atoms with E-state index in [4.69, 9.17) is 4.74 Å². The molecule has 0 radical (unpaired) electrons. The lowest BCUT2D eigenvalue weighted by Crippen LogP contribution is -2.40. The predicted molar refractivity (Wildman–Crippen MR) is 80.9 cm³/mol. The number of nitrogens with one attached hydrogen (secondary N) is 1. The minimum Gasteiger partial charge on any atom is -0.377 e. The average Bonchev–Trinajstić information content (AvgIpc) is 2.49. The van der Waals surface area contributed by atoms with Crippen LogP contribution in [0.25, 0.3) is 0 Å². The van der Waals surface area contributed by atoms with E-state index in [-0.39, 0.29) is 0 Å². The number of anilines is 1. The minimum absolute atomic E-state index is 0.335. The minimum atomic E-state index is 0.335. The third-order valence-corrected chi connectivity index (χ3v) is 3.53. The zero-order valence-corrected chi connectivity index (χ0v) is 12.6. The van der Waals surface area contributed by atoms with Crippen LogP contribution in [0.2, 0.25) is 0 Å². The third kappa shape index (κ3) is 4.42. The maximum Gasteiger partial charge on any atom is 0.147 e. The Kier molecular flexibility index (Phi) is 6.21. The predicted octanol–water partition coefficient (Wildman–Crippen LogP) is 1.98. The standard InChI is InChI=1S/C15H26N4O/c1-3-7-16-9-13-10-18-15(11-17-13)19-8-5-6-14(12-19)20-4-2/h10-11,14,16H,3-9,12H2,1-2H3. The fraction of sp³-hybridized carbons (Fsp3) is 0.733. The van der Waals surface area contributed by atoms with Crippen molar-refractivity contribution in [1.29, 1.82) is 0 Å². The monoisotopic (exact) mass is 278 g/mol. The van der Waals surface area contributed by atoms with Crippen molar-refractivity contribution in [3.05, 3.63) is 18.1 Å². The van der Waals surface area contributed by atoms with Crippen LogP contribution in [0.5, 0.6) is 0 Å². The number of hydrogen-bond acceptors (Lipinski definition) is 5. The van der Waals surface area contributed by atoms with Gasteiger partial charge in [-0.3, -0.25) is 4.98 Å². The van der Waals surface area contributed by atoms with Gasteiger partial charge >= 0.3 is 0 Å². The highest BCUT2D eigenvalue weighted by atomic mass is 16.5. The molecular weight excluding hydrogens is 252 g/mol. The van der Waals surface area contributed by atoms with Crippen LogP contribution < -0.4 is 10.2 Å². The van der Waals surface area contributed by atoms with E-state index < -0.39 is 0 Å². The second-order valence-corrected chi connectivity index (χ2v) is 5.21. The summed E-state index contributed by atoms with van der Waals surface area (Å²) in [5.74, 6) is 0.966. The molecule has 20 heavy (non-hydrogen) atoms. The second kappa shape index (κ2) is 8.17. The van der Waals surface area contributed by atoms with Crippen molar-refractivity contribution < 1.29 is 4.74 Å². The van der Waals surface area contributed by atoms with Gasteiger partial charge in [0, 0.05) is 26.2 Å². The molecule has 0 saturated carbocycles. The first-order valence-corrected chi connectivity index (χ1v) is 7.71. The van der Waals surface area contributed by atoms with E-state index >= 15 is 0 Å². The van der Waals surface area contributed by atoms with Crippen LogP contribution >= 0.6 is 0 Å². The molecule has 1 saturated heterocycles. The van der Waals surface area contributed by atoms with Crippen LogP contribution in [-0.4, -0.2) is 42.3 Å². The first kappa shape index (κ1) is 15.2. The molecule has 1 unspecified atom stereocenters. The summed E-state index contributed by atoms with van der Waals surface area (Å²) in [6.45, 7) is 8.78. The quantitative estimate of drug-likeness (QED) is 0.773. The molecule has 5 nitrogen and oxygen atoms in total. The van der Waals surface area contributed by atoms with Gasteiger partial charge in [-0.05, 0) is 32.7 Å². The topological polar surface area (TPSA) is 50.3 Å². The molecule has 1 N–H and O–H groups in total. The van der Waals surface area contributed by atoms with Crippen LogP contribution in [0.3, 0.4) is 0 Å². The van der Waals surface area contributed by atoms with E-state index in [9.17, 15) is 0 Å². The van der Waals surface area contributed by atoms with Crippen molar-refractivity contribution in [2.75, 3.05) is 31.1 Å². The van der Waals surface area contributed by atoms with E-state index in [0.29, 0.717) is 6.10 Å². The van der Waals surface area contributed by atoms with Crippen molar-refractivity contribution in [2.45, 2.75) is 45.8 Å². The molecule has 1 aromatic heterocycles. The van der Waals surface area contributed by atoms with E-state index in [1.165, 1.54) is 0 Å². The zero-order valence-electron chi connectivity index (χ0n) is 12.6. The first-order valence-electron chi connectivity index (χ1n) is 7.71. The molecule has 1 atom stereocenters. The highest BCUT2D eigenvalue weighted by molar-refractivity contribution is 5.36. The maximum atomic E-state index is 5.72. The number of rotatable bonds is 7. The molecule has 1 aliphatic heterocycles. The number of piperidine rings is 1. The summed E-state index contributed by atoms with van der Waals surface area (Å²) in [5.41, 5.74) is 1.00. The molecule has 1 aliphatic rings. The molecule has 0 aliphatic carbocycles. The molecule has 2 heterocycles. The van der Waals surface area contributed by atoms with E-state index in [1.807, 2.05) is 12.4 Å². The van der Waals surface area contributed by atoms with Crippen LogP contribution in [0.4, 0.5) is 5.82 Å². The summed E-state index contributed by atoms with van der Waals surface area (Å²) in [7, 11) is 0. The normalized spacial score (nSPS) is 19.3. The number of hydrogen-bond donors (Lipinski definition) is 1. The molecule has 0 bridgehead atoms. The van der Waals surface area contributed by atoms with Gasteiger partial charge in [-0.2, -0.15) is 0 Å². The lowest BCUT2D eigenvalue weighted by molar-refractivity contribution is 0.0525. The van der Waals surface area contributed by atoms with Crippen molar-refractivity contribution in [3.8, 4) is 0 Å². The summed E-state index contributed by atoms with van der Waals surface area (Å²) in [4.78, 5) is 11.3. The number of nitrogens with zero attached hydrogens (tertiary/aromatic N) is 3. The lowest BCUT2D eigenvalue weighted by atomic mass is 10.1. The Hall–Kier alpha value is -1.20. The Balaban J connectivity index is 1.88. The van der Waals surface area contributed by atoms with Gasteiger partial charge in [0.05, 0.1) is 24.2 Å². The second-order valence-electron chi connectivity index (χ2n) is 5.21. The highest BCUT2D eigenvalue weighted by Crippen LogP contribution is 2.18. The van der Waals surface area contributed by atoms with E-state index in [0.717, 1.165) is 63.6 Å². The number of aromatic nitrogens is 2. The van der Waals surface area contributed by atoms with Gasteiger partial charge in [0.1, 0.15) is 5.82 Å². The van der Waals surface area contributed by atoms with Gasteiger partial charge in [-0.1, -0.05) is 6.92 Å². The Morgan fingerprint density at radius 2 is 2.25 bits per heavy atom. The molecule has 1 aromatic rings. The zero-order chi connectivity index (χ0) is 14.2. The smallest absolute Gasteiger partial charge is 0.147 e. The Labute approximate surface area is 121 Å². The van der Waals surface area contributed by atoms with Crippen LogP contribution in [0, 0.1) is 0 Å². The van der Waals surface area contributed by atoms with Crippen LogP contribution in [0.1, 0.15) is 38.8 Å². The van der Waals surface area contributed by atoms with E-state index in [2.05, 4.69) is 34.0 Å². The van der Waals surface area contributed by atoms with Crippen molar-refractivity contribution >= 4 is 5.82 Å². The lowest BCUT2D eigenvalue weighted by Gasteiger charge is -2.33. The van der Waals surface area contributed by atoms with Crippen LogP contribution in [-0.2, 0) is 11.3 Å². The fourth-order valence-electron chi connectivity index (χ4n) is 2.51. The van der Waals surface area contributed by atoms with Gasteiger partial charge < -0.3 is 15.0 Å². The van der Waals surface area contributed by atoms with Gasteiger partial charge in [0.2, 0.25) is 0 Å². The average molecular weight is 278 g/mol. The summed E-state index contributed by atoms with van der Waals surface area (Å²) in [5, 5.41) is 3.34. The third-order valence-electron chi connectivity index (χ3n) is 3.53. The largest absolute Gasteiger partial charge is 0.377 e. The van der Waals surface area contributed by atoms with Gasteiger partial charge in [0.15, 0.2) is 0 Å². The summed E-state index contributed by atoms with van der Waals surface area (Å²) >= 11 is 0. The summed E-state index contributed by atoms with van der Waals surface area (Å²) in [6.07, 6.45) is 7.54. The molecule has 0 amide bonds. The molecule has 2 rings (SSSR count). The van der Waals surface area contributed by atoms with Crippen molar-refractivity contribution in [2.24, 2.45) is 0 Å². The van der Waals surface area contributed by atoms with Gasteiger partial charge in [-0.25, -0.2) is 4.98 Å². The summed E-state index contributed by atoms with van der Waals surface area (Å²) in [6, 6.07) is 0. The molecule has 1 fully saturated rings. The van der Waals surface area contributed by atoms with E-state index in [1.54, 1.807) is 0 Å². The Morgan fingerprint density at radius 3 is 2.95 bits per heavy atom. The molecule has 0 aromatic carbocycles. The first-order chi connectivity index (χ1) is 9.83. The SMILES string of the molecule is CCCNCc1cnc(N2CCCC(OCC)C2)cn1. The summed E-state index contributed by atoms with van der Waals surface area (Å²) < 4.78 is 5.72. The Morgan fingerprint density at radius 1 is 1.35 bits per heavy atom. The highest BCUT2D eigenvalue weighted by Gasteiger charge is 2.21. The van der Waals surface area contributed by atoms with Gasteiger partial charge in [-0.15, -0.1) is 0 Å². The Bertz CT molecular complexity index is 380.